The van der Waals surface area contributed by atoms with E-state index >= 15 is 0 Å². The molecule has 3 aromatic rings. The van der Waals surface area contributed by atoms with E-state index in [9.17, 15) is 4.79 Å². The molecule has 0 aliphatic heterocycles. The predicted octanol–water partition coefficient (Wildman–Crippen LogP) is 3.23. The molecule has 0 atom stereocenters. The maximum Gasteiger partial charge on any atom is 0.273 e. The number of amides is 1. The fourth-order valence-corrected chi connectivity index (χ4v) is 2.46. The Labute approximate surface area is 140 Å². The quantitative estimate of drug-likeness (QED) is 0.783. The Morgan fingerprint density at radius 1 is 1.25 bits per heavy atom. The van der Waals surface area contributed by atoms with Crippen molar-refractivity contribution in [2.24, 2.45) is 0 Å². The number of aromatic nitrogens is 3. The van der Waals surface area contributed by atoms with E-state index in [2.05, 4.69) is 15.4 Å². The molecule has 0 radical (unpaired) electrons. The number of nitrogens with zero attached hydrogens (tertiary/aromatic N) is 3. The van der Waals surface area contributed by atoms with E-state index in [4.69, 9.17) is 4.74 Å². The molecule has 6 heteroatoms. The largest absolute Gasteiger partial charge is 0.496 e. The van der Waals surface area contributed by atoms with Crippen molar-refractivity contribution in [2.45, 2.75) is 13.5 Å². The number of benzene rings is 1. The van der Waals surface area contributed by atoms with Gasteiger partial charge in [-0.15, -0.1) is 0 Å². The molecule has 1 N–H and O–H groups in total. The molecule has 0 aliphatic carbocycles. The molecule has 0 fully saturated rings. The van der Waals surface area contributed by atoms with E-state index in [0.717, 1.165) is 11.3 Å². The van der Waals surface area contributed by atoms with Gasteiger partial charge in [-0.2, -0.15) is 5.10 Å². The van der Waals surface area contributed by atoms with E-state index in [1.807, 2.05) is 31.2 Å². The summed E-state index contributed by atoms with van der Waals surface area (Å²) < 4.78 is 7.05. The van der Waals surface area contributed by atoms with Crippen LogP contribution in [0.2, 0.25) is 0 Å². The summed E-state index contributed by atoms with van der Waals surface area (Å²) in [5.41, 5.74) is 2.68. The van der Waals surface area contributed by atoms with Crippen LogP contribution in [0, 0.1) is 0 Å². The highest BCUT2D eigenvalue weighted by atomic mass is 16.5. The van der Waals surface area contributed by atoms with Gasteiger partial charge in [0.25, 0.3) is 5.91 Å². The van der Waals surface area contributed by atoms with Crippen molar-refractivity contribution in [1.29, 1.82) is 0 Å². The first-order valence-electron chi connectivity index (χ1n) is 7.65. The highest BCUT2D eigenvalue weighted by Gasteiger charge is 2.17. The molecule has 1 amide bonds. The summed E-state index contributed by atoms with van der Waals surface area (Å²) in [6, 6.07) is 12.9. The van der Waals surface area contributed by atoms with Crippen molar-refractivity contribution in [2.75, 3.05) is 12.4 Å². The molecule has 1 aromatic carbocycles. The lowest BCUT2D eigenvalue weighted by Crippen LogP contribution is -2.17. The van der Waals surface area contributed by atoms with Crippen LogP contribution in [0.3, 0.4) is 0 Å². The lowest BCUT2D eigenvalue weighted by molar-refractivity contribution is 0.101. The van der Waals surface area contributed by atoms with Gasteiger partial charge in [-0.25, -0.2) is 0 Å². The van der Waals surface area contributed by atoms with E-state index < -0.39 is 0 Å². The number of para-hydroxylation sites is 1. The Morgan fingerprint density at radius 2 is 2.08 bits per heavy atom. The molecule has 0 saturated carbocycles. The predicted molar refractivity (Wildman–Crippen MR) is 92.1 cm³/mol. The number of anilines is 1. The first-order valence-corrected chi connectivity index (χ1v) is 7.65. The average Bonchev–Trinajstić information content (AvgIpc) is 3.07. The second-order valence-electron chi connectivity index (χ2n) is 5.13. The van der Waals surface area contributed by atoms with Gasteiger partial charge in [0.1, 0.15) is 11.4 Å². The minimum absolute atomic E-state index is 0.224. The van der Waals surface area contributed by atoms with E-state index in [1.54, 1.807) is 42.4 Å². The minimum Gasteiger partial charge on any atom is -0.496 e. The van der Waals surface area contributed by atoms with Crippen LogP contribution >= 0.6 is 0 Å². The summed E-state index contributed by atoms with van der Waals surface area (Å²) in [4.78, 5) is 16.6. The van der Waals surface area contributed by atoms with E-state index in [0.29, 0.717) is 23.6 Å². The molecular weight excluding hydrogens is 304 g/mol. The summed E-state index contributed by atoms with van der Waals surface area (Å²) in [5.74, 6) is 0.496. The normalized spacial score (nSPS) is 10.4. The third-order valence-electron chi connectivity index (χ3n) is 3.61. The molecule has 0 spiro atoms. The molecule has 0 saturated heterocycles. The van der Waals surface area contributed by atoms with Gasteiger partial charge in [0.15, 0.2) is 0 Å². The van der Waals surface area contributed by atoms with E-state index in [1.165, 1.54) is 0 Å². The number of nitrogens with one attached hydrogen (secondary N) is 1. The van der Waals surface area contributed by atoms with Crippen LogP contribution in [0.4, 0.5) is 5.69 Å². The van der Waals surface area contributed by atoms with Crippen molar-refractivity contribution in [1.82, 2.24) is 14.8 Å². The van der Waals surface area contributed by atoms with Crippen molar-refractivity contribution in [3.63, 3.8) is 0 Å². The summed E-state index contributed by atoms with van der Waals surface area (Å²) in [6.07, 6.45) is 3.26. The van der Waals surface area contributed by atoms with Gasteiger partial charge >= 0.3 is 0 Å². The zero-order chi connectivity index (χ0) is 16.9. The van der Waals surface area contributed by atoms with Crippen LogP contribution in [0.1, 0.15) is 17.4 Å². The average molecular weight is 322 g/mol. The maximum absolute atomic E-state index is 12.6. The first-order chi connectivity index (χ1) is 11.7. The van der Waals surface area contributed by atoms with Crippen LogP contribution in [-0.4, -0.2) is 27.8 Å². The second kappa shape index (κ2) is 6.95. The molecule has 2 aromatic heterocycles. The smallest absolute Gasteiger partial charge is 0.273 e. The molecule has 6 nitrogen and oxygen atoms in total. The third-order valence-corrected chi connectivity index (χ3v) is 3.61. The SMILES string of the molecule is CCn1nc(-c2ccccc2OC)cc1C(=O)Nc1cccnc1. The highest BCUT2D eigenvalue weighted by molar-refractivity contribution is 6.03. The van der Waals surface area contributed by atoms with Crippen LogP contribution in [0.15, 0.2) is 54.9 Å². The number of methoxy groups -OCH3 is 1. The Morgan fingerprint density at radius 3 is 2.79 bits per heavy atom. The molecule has 0 bridgehead atoms. The van der Waals surface area contributed by atoms with Crippen molar-refractivity contribution in [3.05, 3.63) is 60.6 Å². The Balaban J connectivity index is 1.94. The minimum atomic E-state index is -0.224. The Kier molecular flexibility index (Phi) is 4.56. The summed E-state index contributed by atoms with van der Waals surface area (Å²) in [6.45, 7) is 2.53. The molecule has 24 heavy (non-hydrogen) atoms. The van der Waals surface area contributed by atoms with Crippen LogP contribution in [0.25, 0.3) is 11.3 Å². The number of aryl methyl sites for hydroxylation is 1. The number of carbonyl (C=O) groups excluding carboxylic acids is 1. The lowest BCUT2D eigenvalue weighted by Gasteiger charge is -2.05. The van der Waals surface area contributed by atoms with Gasteiger partial charge in [-0.1, -0.05) is 12.1 Å². The molecule has 0 aliphatic rings. The number of carbonyl (C=O) groups is 1. The summed E-state index contributed by atoms with van der Waals surface area (Å²) >= 11 is 0. The number of ether oxygens (including phenoxy) is 1. The fourth-order valence-electron chi connectivity index (χ4n) is 2.46. The van der Waals surface area contributed by atoms with Crippen LogP contribution in [0.5, 0.6) is 5.75 Å². The fraction of sp³-hybridized carbons (Fsp3) is 0.167. The number of rotatable bonds is 5. The number of hydrogen-bond donors (Lipinski definition) is 1. The van der Waals surface area contributed by atoms with Gasteiger partial charge in [0.05, 0.1) is 24.7 Å². The monoisotopic (exact) mass is 322 g/mol. The molecule has 2 heterocycles. The summed E-state index contributed by atoms with van der Waals surface area (Å²) in [5, 5.41) is 7.36. The standard InChI is InChI=1S/C18H18N4O2/c1-3-22-16(18(23)20-13-7-6-10-19-12-13)11-15(21-22)14-8-4-5-9-17(14)24-2/h4-12H,3H2,1-2H3,(H,20,23). The Hall–Kier alpha value is -3.15. The molecule has 122 valence electrons. The van der Waals surface area contributed by atoms with Gasteiger partial charge in [0, 0.05) is 18.3 Å². The van der Waals surface area contributed by atoms with Crippen LogP contribution < -0.4 is 10.1 Å². The van der Waals surface area contributed by atoms with E-state index in [-0.39, 0.29) is 5.91 Å². The lowest BCUT2D eigenvalue weighted by atomic mass is 10.1. The van der Waals surface area contributed by atoms with Crippen molar-refractivity contribution >= 4 is 11.6 Å². The van der Waals surface area contributed by atoms with Crippen molar-refractivity contribution < 1.29 is 9.53 Å². The number of hydrogen-bond acceptors (Lipinski definition) is 4. The van der Waals surface area contributed by atoms with Crippen molar-refractivity contribution in [3.8, 4) is 17.0 Å². The van der Waals surface area contributed by atoms with Crippen LogP contribution in [-0.2, 0) is 6.54 Å². The maximum atomic E-state index is 12.6. The van der Waals surface area contributed by atoms with Gasteiger partial charge in [0.2, 0.25) is 0 Å². The first kappa shape index (κ1) is 15.7. The second-order valence-corrected chi connectivity index (χ2v) is 5.13. The zero-order valence-corrected chi connectivity index (χ0v) is 13.6. The van der Waals surface area contributed by atoms with Gasteiger partial charge in [-0.05, 0) is 37.3 Å². The molecule has 0 unspecified atom stereocenters. The Bertz CT molecular complexity index is 843. The molecule has 3 rings (SSSR count). The highest BCUT2D eigenvalue weighted by Crippen LogP contribution is 2.29. The summed E-state index contributed by atoms with van der Waals surface area (Å²) in [7, 11) is 1.62. The van der Waals surface area contributed by atoms with Gasteiger partial charge < -0.3 is 10.1 Å². The third kappa shape index (κ3) is 3.12. The number of pyridine rings is 1. The topological polar surface area (TPSA) is 69.0 Å². The zero-order valence-electron chi connectivity index (χ0n) is 13.6. The molecular formula is C18H18N4O2. The van der Waals surface area contributed by atoms with Gasteiger partial charge in [-0.3, -0.25) is 14.5 Å².